The van der Waals surface area contributed by atoms with Gasteiger partial charge in [-0.1, -0.05) is 29.8 Å². The summed E-state index contributed by atoms with van der Waals surface area (Å²) in [6.07, 6.45) is 3.42. The molecule has 0 spiro atoms. The first kappa shape index (κ1) is 23.3. The van der Waals surface area contributed by atoms with Crippen molar-refractivity contribution < 1.29 is 14.3 Å². The number of nitrogens with one attached hydrogen (secondary N) is 1. The van der Waals surface area contributed by atoms with E-state index in [0.717, 1.165) is 36.0 Å². The highest BCUT2D eigenvalue weighted by Gasteiger charge is 2.32. The van der Waals surface area contributed by atoms with Crippen LogP contribution in [0.1, 0.15) is 28.8 Å². The monoisotopic (exact) mass is 489 g/mol. The van der Waals surface area contributed by atoms with Gasteiger partial charge in [0.1, 0.15) is 0 Å². The second kappa shape index (κ2) is 9.29. The van der Waals surface area contributed by atoms with Gasteiger partial charge in [-0.3, -0.25) is 9.78 Å². The number of anilines is 2. The molecule has 2 N–H and O–H groups in total. The third kappa shape index (κ3) is 4.85. The maximum atomic E-state index is 14.2. The zero-order chi connectivity index (χ0) is 24.7. The largest absolute Gasteiger partial charge is 0.504 e. The van der Waals surface area contributed by atoms with E-state index in [1.54, 1.807) is 6.20 Å². The van der Waals surface area contributed by atoms with Crippen molar-refractivity contribution in [2.24, 2.45) is 5.92 Å². The second-order valence-corrected chi connectivity index (χ2v) is 9.68. The van der Waals surface area contributed by atoms with E-state index in [0.29, 0.717) is 27.9 Å². The number of rotatable bonds is 7. The number of aromatic nitrogens is 1. The van der Waals surface area contributed by atoms with E-state index in [1.165, 1.54) is 12.1 Å². The molecule has 1 saturated carbocycles. The number of fused-ring (bicyclic) bond motifs is 1. The Balaban J connectivity index is 1.65. The van der Waals surface area contributed by atoms with Gasteiger partial charge in [0.05, 0.1) is 21.8 Å². The molecule has 0 amide bonds. The summed E-state index contributed by atoms with van der Waals surface area (Å²) in [7, 11) is 4.03. The Hall–Kier alpha value is -3.48. The number of nitrogens with zero attached hydrogens (tertiary/aromatic N) is 2. The molecule has 1 aliphatic rings. The van der Waals surface area contributed by atoms with E-state index < -0.39 is 11.6 Å². The first-order chi connectivity index (χ1) is 16.8. The normalized spacial score (nSPS) is 13.4. The molecule has 0 aliphatic heterocycles. The van der Waals surface area contributed by atoms with Crippen LogP contribution in [0.25, 0.3) is 22.0 Å². The van der Waals surface area contributed by atoms with Crippen LogP contribution in [-0.2, 0) is 6.54 Å². The fourth-order valence-electron chi connectivity index (χ4n) is 4.25. The minimum absolute atomic E-state index is 0.0306. The molecular formula is C28H25ClFN3O2. The number of benzene rings is 3. The van der Waals surface area contributed by atoms with Crippen LogP contribution in [0.5, 0.6) is 5.75 Å². The average Bonchev–Trinajstić information content (AvgIpc) is 3.67. The fourth-order valence-corrected chi connectivity index (χ4v) is 4.46. The Morgan fingerprint density at radius 3 is 2.66 bits per heavy atom. The Morgan fingerprint density at radius 1 is 1.14 bits per heavy atom. The maximum Gasteiger partial charge on any atom is 0.170 e. The lowest BCUT2D eigenvalue weighted by Crippen LogP contribution is -2.11. The molecule has 4 aromatic rings. The number of pyridine rings is 1. The molecular weight excluding hydrogens is 465 g/mol. The molecule has 7 heteroatoms. The molecule has 0 radical (unpaired) electrons. The zero-order valence-electron chi connectivity index (χ0n) is 19.5. The minimum atomic E-state index is -0.792. The van der Waals surface area contributed by atoms with Gasteiger partial charge in [-0.15, -0.1) is 0 Å². The van der Waals surface area contributed by atoms with E-state index in [2.05, 4.69) is 27.3 Å². The van der Waals surface area contributed by atoms with Gasteiger partial charge >= 0.3 is 0 Å². The summed E-state index contributed by atoms with van der Waals surface area (Å²) in [6, 6.07) is 16.4. The van der Waals surface area contributed by atoms with Gasteiger partial charge in [0.15, 0.2) is 17.3 Å². The number of phenols is 1. The van der Waals surface area contributed by atoms with Gasteiger partial charge in [-0.25, -0.2) is 4.39 Å². The quantitative estimate of drug-likeness (QED) is 0.279. The lowest BCUT2D eigenvalue weighted by molar-refractivity contribution is 0.0968. The molecule has 35 heavy (non-hydrogen) atoms. The van der Waals surface area contributed by atoms with Crippen molar-refractivity contribution in [1.82, 2.24) is 9.88 Å². The molecule has 5 nitrogen and oxygen atoms in total. The fraction of sp³-hybridized carbons (Fsp3) is 0.214. The smallest absolute Gasteiger partial charge is 0.170 e. The molecule has 1 heterocycles. The molecule has 3 aromatic carbocycles. The number of carbonyl (C=O) groups excluding carboxylic acids is 1. The molecule has 1 aromatic heterocycles. The Labute approximate surface area is 208 Å². The summed E-state index contributed by atoms with van der Waals surface area (Å²) in [5.41, 5.74) is 5.16. The van der Waals surface area contributed by atoms with Crippen molar-refractivity contribution in [3.05, 3.63) is 82.8 Å². The average molecular weight is 490 g/mol. The van der Waals surface area contributed by atoms with Crippen LogP contribution in [-0.4, -0.2) is 34.9 Å². The summed E-state index contributed by atoms with van der Waals surface area (Å²) in [5.74, 6) is -1.26. The Bertz CT molecular complexity index is 1430. The first-order valence-corrected chi connectivity index (χ1v) is 11.8. The molecule has 0 atom stereocenters. The summed E-state index contributed by atoms with van der Waals surface area (Å²) in [5, 5.41) is 13.9. The zero-order valence-corrected chi connectivity index (χ0v) is 20.2. The number of hydrogen-bond acceptors (Lipinski definition) is 5. The topological polar surface area (TPSA) is 65.5 Å². The van der Waals surface area contributed by atoms with Gasteiger partial charge in [0.2, 0.25) is 0 Å². The molecule has 0 unspecified atom stereocenters. The Kier molecular flexibility index (Phi) is 6.17. The summed E-state index contributed by atoms with van der Waals surface area (Å²) >= 11 is 6.02. The predicted octanol–water partition coefficient (Wildman–Crippen LogP) is 6.80. The number of hydrogen-bond donors (Lipinski definition) is 2. The highest BCUT2D eigenvalue weighted by atomic mass is 35.5. The Morgan fingerprint density at radius 2 is 1.94 bits per heavy atom. The van der Waals surface area contributed by atoms with Gasteiger partial charge in [0, 0.05) is 29.7 Å². The number of Topliss-reactive ketones (excluding diaryl/α,β-unsaturated/α-hetero) is 1. The number of aromatic hydroxyl groups is 1. The van der Waals surface area contributed by atoms with Crippen molar-refractivity contribution in [1.29, 1.82) is 0 Å². The summed E-state index contributed by atoms with van der Waals surface area (Å²) in [6.45, 7) is 0.789. The van der Waals surface area contributed by atoms with Crippen molar-refractivity contribution in [2.75, 3.05) is 19.4 Å². The number of phenolic OH excluding ortho intramolecular Hbond substituents is 1. The summed E-state index contributed by atoms with van der Waals surface area (Å²) in [4.78, 5) is 19.8. The van der Waals surface area contributed by atoms with E-state index in [1.807, 2.05) is 44.4 Å². The van der Waals surface area contributed by atoms with Gasteiger partial charge in [-0.2, -0.15) is 0 Å². The predicted molar refractivity (Wildman–Crippen MR) is 138 cm³/mol. The first-order valence-electron chi connectivity index (χ1n) is 11.5. The second-order valence-electron chi connectivity index (χ2n) is 9.27. The van der Waals surface area contributed by atoms with Gasteiger partial charge in [0.25, 0.3) is 0 Å². The van der Waals surface area contributed by atoms with Crippen LogP contribution in [0.4, 0.5) is 15.8 Å². The third-order valence-corrected chi connectivity index (χ3v) is 6.42. The van der Waals surface area contributed by atoms with Crippen LogP contribution in [0.2, 0.25) is 5.02 Å². The highest BCUT2D eigenvalue weighted by Crippen LogP contribution is 2.39. The highest BCUT2D eigenvalue weighted by molar-refractivity contribution is 6.32. The van der Waals surface area contributed by atoms with Gasteiger partial charge < -0.3 is 15.3 Å². The van der Waals surface area contributed by atoms with Crippen molar-refractivity contribution in [3.8, 4) is 16.9 Å². The third-order valence-electron chi connectivity index (χ3n) is 6.13. The number of halogens is 2. The molecule has 0 saturated heterocycles. The molecule has 1 fully saturated rings. The molecule has 178 valence electrons. The number of ketones is 1. The van der Waals surface area contributed by atoms with Crippen LogP contribution < -0.4 is 5.32 Å². The maximum absolute atomic E-state index is 14.2. The summed E-state index contributed by atoms with van der Waals surface area (Å²) < 4.78 is 14.2. The lowest BCUT2D eigenvalue weighted by Gasteiger charge is -2.17. The van der Waals surface area contributed by atoms with Crippen LogP contribution in [0, 0.1) is 11.7 Å². The van der Waals surface area contributed by atoms with E-state index in [9.17, 15) is 14.3 Å². The van der Waals surface area contributed by atoms with Crippen LogP contribution >= 0.6 is 11.6 Å². The van der Waals surface area contributed by atoms with Gasteiger partial charge in [-0.05, 0) is 80.0 Å². The minimum Gasteiger partial charge on any atom is -0.504 e. The van der Waals surface area contributed by atoms with E-state index in [4.69, 9.17) is 11.6 Å². The van der Waals surface area contributed by atoms with E-state index >= 15 is 0 Å². The van der Waals surface area contributed by atoms with Crippen LogP contribution in [0.15, 0.2) is 60.8 Å². The molecule has 5 rings (SSSR count). The molecule has 1 aliphatic carbocycles. The standard InChI is InChI=1S/C28H25ClFN3O2/c1-33(2)15-16-4-3-5-20(10-16)32-26-21-11-18(19-12-23(29)28(35)24(30)13-19)8-9-25(21)31-14-22(26)27(34)17-6-7-17/h3-5,8-14,17,35H,6-7,15H2,1-2H3,(H,31,32). The van der Waals surface area contributed by atoms with Crippen molar-refractivity contribution >= 4 is 39.7 Å². The van der Waals surface area contributed by atoms with Crippen LogP contribution in [0.3, 0.4) is 0 Å². The number of carbonyl (C=O) groups is 1. The van der Waals surface area contributed by atoms with Crippen molar-refractivity contribution in [2.45, 2.75) is 19.4 Å². The SMILES string of the molecule is CN(C)Cc1cccc(Nc2c(C(=O)C3CC3)cnc3ccc(-c4cc(F)c(O)c(Cl)c4)cc23)c1. The van der Waals surface area contributed by atoms with Crippen molar-refractivity contribution in [3.63, 3.8) is 0 Å². The van der Waals surface area contributed by atoms with E-state index in [-0.39, 0.29) is 16.7 Å². The lowest BCUT2D eigenvalue weighted by atomic mass is 9.98. The molecule has 0 bridgehead atoms.